The lowest BCUT2D eigenvalue weighted by atomic mass is 10.2. The van der Waals surface area contributed by atoms with E-state index in [0.717, 1.165) is 5.69 Å². The molecule has 0 atom stereocenters. The van der Waals surface area contributed by atoms with Crippen LogP contribution in [0.2, 0.25) is 0 Å². The monoisotopic (exact) mass is 374 g/mol. The number of carbonyl (C=O) groups is 1. The zero-order valence-electron chi connectivity index (χ0n) is 14.6. The number of anilines is 3. The third-order valence-corrected chi connectivity index (χ3v) is 3.94. The molecule has 0 unspecified atom stereocenters. The van der Waals surface area contributed by atoms with Crippen molar-refractivity contribution < 1.29 is 9.18 Å². The average molecular weight is 374 g/mol. The van der Waals surface area contributed by atoms with Crippen molar-refractivity contribution in [1.29, 1.82) is 0 Å². The Kier molecular flexibility index (Phi) is 4.75. The van der Waals surface area contributed by atoms with Gasteiger partial charge in [0.25, 0.3) is 5.91 Å². The normalized spacial score (nSPS) is 10.5. The quantitative estimate of drug-likeness (QED) is 0.555. The minimum atomic E-state index is -0.382. The molecule has 0 radical (unpaired) electrons. The third kappa shape index (κ3) is 4.01. The second kappa shape index (κ2) is 7.67. The molecule has 2 aromatic carbocycles. The number of amides is 1. The number of hydrogen-bond acceptors (Lipinski definition) is 5. The highest BCUT2D eigenvalue weighted by Gasteiger charge is 2.06. The van der Waals surface area contributed by atoms with Crippen LogP contribution in [0.1, 0.15) is 10.4 Å². The standard InChI is InChI=1S/C20H15FN6O/c21-15-3-1-14(2-4-15)20(28)26-17-7-5-16(6-8-17)25-18-11-19(24-12-23-18)27-10-9-22-13-27/h1-13H,(H,26,28)(H,23,24,25). The van der Waals surface area contributed by atoms with Crippen molar-refractivity contribution in [2.45, 2.75) is 0 Å². The average Bonchev–Trinajstić information content (AvgIpc) is 3.25. The molecule has 2 heterocycles. The zero-order valence-corrected chi connectivity index (χ0v) is 14.6. The Morgan fingerprint density at radius 1 is 0.964 bits per heavy atom. The Balaban J connectivity index is 1.43. The van der Waals surface area contributed by atoms with Crippen LogP contribution in [0.15, 0.2) is 79.6 Å². The molecule has 4 aromatic rings. The maximum absolute atomic E-state index is 13.0. The SMILES string of the molecule is O=C(Nc1ccc(Nc2cc(-n3ccnc3)ncn2)cc1)c1ccc(F)cc1. The van der Waals surface area contributed by atoms with Gasteiger partial charge in [0, 0.05) is 35.4 Å². The fourth-order valence-corrected chi connectivity index (χ4v) is 2.54. The van der Waals surface area contributed by atoms with Crippen LogP contribution in [-0.4, -0.2) is 25.4 Å². The maximum Gasteiger partial charge on any atom is 0.255 e. The summed E-state index contributed by atoms with van der Waals surface area (Å²) in [6.07, 6.45) is 6.60. The van der Waals surface area contributed by atoms with E-state index in [-0.39, 0.29) is 11.7 Å². The number of rotatable bonds is 5. The first-order valence-corrected chi connectivity index (χ1v) is 8.42. The Morgan fingerprint density at radius 2 is 1.71 bits per heavy atom. The molecule has 0 aliphatic heterocycles. The van der Waals surface area contributed by atoms with Crippen molar-refractivity contribution in [3.8, 4) is 5.82 Å². The molecule has 28 heavy (non-hydrogen) atoms. The molecular formula is C20H15FN6O. The van der Waals surface area contributed by atoms with E-state index in [4.69, 9.17) is 0 Å². The summed E-state index contributed by atoms with van der Waals surface area (Å²) in [6.45, 7) is 0. The molecule has 2 N–H and O–H groups in total. The summed E-state index contributed by atoms with van der Waals surface area (Å²) in [5.41, 5.74) is 1.81. The summed E-state index contributed by atoms with van der Waals surface area (Å²) < 4.78 is 14.7. The van der Waals surface area contributed by atoms with Crippen LogP contribution in [0.3, 0.4) is 0 Å². The Morgan fingerprint density at radius 3 is 2.43 bits per heavy atom. The molecule has 2 aromatic heterocycles. The lowest BCUT2D eigenvalue weighted by molar-refractivity contribution is 0.102. The van der Waals surface area contributed by atoms with E-state index < -0.39 is 0 Å². The summed E-state index contributed by atoms with van der Waals surface area (Å²) in [7, 11) is 0. The number of imidazole rings is 1. The third-order valence-electron chi connectivity index (χ3n) is 3.94. The second-order valence-corrected chi connectivity index (χ2v) is 5.89. The molecule has 0 bridgehead atoms. The number of halogens is 1. The molecule has 1 amide bonds. The number of nitrogens with zero attached hydrogens (tertiary/aromatic N) is 4. The van der Waals surface area contributed by atoms with Gasteiger partial charge in [-0.05, 0) is 48.5 Å². The number of hydrogen-bond donors (Lipinski definition) is 2. The molecule has 0 fully saturated rings. The van der Waals surface area contributed by atoms with Crippen LogP contribution >= 0.6 is 0 Å². The summed E-state index contributed by atoms with van der Waals surface area (Å²) in [5.74, 6) is 0.634. The van der Waals surface area contributed by atoms with Crippen molar-refractivity contribution >= 4 is 23.1 Å². The van der Waals surface area contributed by atoms with Crippen LogP contribution in [0, 0.1) is 5.82 Å². The predicted molar refractivity (Wildman–Crippen MR) is 103 cm³/mol. The molecule has 7 nitrogen and oxygen atoms in total. The van der Waals surface area contributed by atoms with E-state index in [1.54, 1.807) is 41.5 Å². The van der Waals surface area contributed by atoms with E-state index in [1.165, 1.54) is 30.6 Å². The first kappa shape index (κ1) is 17.3. The highest BCUT2D eigenvalue weighted by Crippen LogP contribution is 2.19. The van der Waals surface area contributed by atoms with E-state index in [9.17, 15) is 9.18 Å². The van der Waals surface area contributed by atoms with Gasteiger partial charge in [0.05, 0.1) is 0 Å². The lowest BCUT2D eigenvalue weighted by Gasteiger charge is -2.09. The van der Waals surface area contributed by atoms with E-state index in [0.29, 0.717) is 22.9 Å². The fraction of sp³-hybridized carbons (Fsp3) is 0. The van der Waals surface area contributed by atoms with Gasteiger partial charge >= 0.3 is 0 Å². The molecule has 0 aliphatic carbocycles. The molecule has 4 rings (SSSR count). The van der Waals surface area contributed by atoms with Gasteiger partial charge in [0.15, 0.2) is 0 Å². The van der Waals surface area contributed by atoms with Crippen LogP contribution in [0.5, 0.6) is 0 Å². The molecular weight excluding hydrogens is 359 g/mol. The van der Waals surface area contributed by atoms with Crippen molar-refractivity contribution in [1.82, 2.24) is 19.5 Å². The molecule has 0 saturated heterocycles. The minimum absolute atomic E-state index is 0.304. The summed E-state index contributed by atoms with van der Waals surface area (Å²) in [5, 5.41) is 5.96. The number of aromatic nitrogens is 4. The van der Waals surface area contributed by atoms with Crippen molar-refractivity contribution in [3.05, 3.63) is 91.0 Å². The summed E-state index contributed by atoms with van der Waals surface area (Å²) in [4.78, 5) is 24.6. The van der Waals surface area contributed by atoms with Crippen LogP contribution in [0.4, 0.5) is 21.6 Å². The predicted octanol–water partition coefficient (Wildman–Crippen LogP) is 3.80. The van der Waals surface area contributed by atoms with Gasteiger partial charge in [-0.3, -0.25) is 9.36 Å². The van der Waals surface area contributed by atoms with Crippen LogP contribution in [-0.2, 0) is 0 Å². The molecule has 138 valence electrons. The molecule has 0 aliphatic rings. The highest BCUT2D eigenvalue weighted by molar-refractivity contribution is 6.04. The Labute approximate surface area is 159 Å². The molecule has 0 spiro atoms. The smallest absolute Gasteiger partial charge is 0.255 e. The van der Waals surface area contributed by atoms with Gasteiger partial charge in [-0.1, -0.05) is 0 Å². The van der Waals surface area contributed by atoms with Gasteiger partial charge < -0.3 is 10.6 Å². The van der Waals surface area contributed by atoms with E-state index >= 15 is 0 Å². The first-order chi connectivity index (χ1) is 13.7. The topological polar surface area (TPSA) is 84.7 Å². The highest BCUT2D eigenvalue weighted by atomic mass is 19.1. The van der Waals surface area contributed by atoms with Crippen molar-refractivity contribution in [2.75, 3.05) is 10.6 Å². The van der Waals surface area contributed by atoms with Crippen molar-refractivity contribution in [2.24, 2.45) is 0 Å². The van der Waals surface area contributed by atoms with E-state index in [1.807, 2.05) is 12.1 Å². The van der Waals surface area contributed by atoms with Gasteiger partial charge in [0.1, 0.15) is 30.1 Å². The van der Waals surface area contributed by atoms with Crippen molar-refractivity contribution in [3.63, 3.8) is 0 Å². The number of carbonyl (C=O) groups excluding carboxylic acids is 1. The minimum Gasteiger partial charge on any atom is -0.340 e. The summed E-state index contributed by atoms with van der Waals surface area (Å²) in [6, 6.07) is 14.3. The van der Waals surface area contributed by atoms with E-state index in [2.05, 4.69) is 25.6 Å². The maximum atomic E-state index is 13.0. The summed E-state index contributed by atoms with van der Waals surface area (Å²) >= 11 is 0. The van der Waals surface area contributed by atoms with Crippen LogP contribution < -0.4 is 10.6 Å². The van der Waals surface area contributed by atoms with Crippen LogP contribution in [0.25, 0.3) is 5.82 Å². The largest absolute Gasteiger partial charge is 0.340 e. The van der Waals surface area contributed by atoms with Gasteiger partial charge in [-0.15, -0.1) is 0 Å². The number of nitrogens with one attached hydrogen (secondary N) is 2. The second-order valence-electron chi connectivity index (χ2n) is 5.89. The van der Waals surface area contributed by atoms with Gasteiger partial charge in [-0.2, -0.15) is 0 Å². The fourth-order valence-electron chi connectivity index (χ4n) is 2.54. The Hall–Kier alpha value is -4.07. The zero-order chi connectivity index (χ0) is 19.3. The number of benzene rings is 2. The lowest BCUT2D eigenvalue weighted by Crippen LogP contribution is -2.11. The Bertz CT molecular complexity index is 1080. The van der Waals surface area contributed by atoms with Gasteiger partial charge in [-0.25, -0.2) is 19.3 Å². The van der Waals surface area contributed by atoms with Gasteiger partial charge in [0.2, 0.25) is 0 Å². The molecule has 8 heteroatoms. The first-order valence-electron chi connectivity index (χ1n) is 8.42. The molecule has 0 saturated carbocycles.